The van der Waals surface area contributed by atoms with Crippen molar-refractivity contribution >= 4 is 17.5 Å². The molecule has 0 aromatic carbocycles. The SMILES string of the molecule is CCC(CC)C(Cl)CNc1nc(OC)cc(OC)n1. The van der Waals surface area contributed by atoms with E-state index in [0.717, 1.165) is 12.8 Å². The summed E-state index contributed by atoms with van der Waals surface area (Å²) in [5.74, 6) is 1.88. The monoisotopic (exact) mass is 287 g/mol. The molecule has 0 amide bonds. The highest BCUT2D eigenvalue weighted by Gasteiger charge is 2.16. The Hall–Kier alpha value is -1.23. The number of ether oxygens (including phenoxy) is 2. The predicted octanol–water partition coefficient (Wildman–Crippen LogP) is 2.95. The highest BCUT2D eigenvalue weighted by Crippen LogP contribution is 2.20. The lowest BCUT2D eigenvalue weighted by Gasteiger charge is -2.19. The molecule has 0 spiro atoms. The molecule has 0 radical (unpaired) electrons. The molecule has 0 aliphatic rings. The summed E-state index contributed by atoms with van der Waals surface area (Å²) >= 11 is 6.36. The zero-order valence-corrected chi connectivity index (χ0v) is 12.7. The summed E-state index contributed by atoms with van der Waals surface area (Å²) in [4.78, 5) is 8.40. The van der Waals surface area contributed by atoms with Crippen molar-refractivity contribution in [3.8, 4) is 11.8 Å². The summed E-state index contributed by atoms with van der Waals surface area (Å²) < 4.78 is 10.2. The second-order valence-corrected chi connectivity index (χ2v) is 4.81. The summed E-state index contributed by atoms with van der Waals surface area (Å²) in [6.07, 6.45) is 2.13. The fraction of sp³-hybridized carbons (Fsp3) is 0.692. The minimum atomic E-state index is 0.0517. The molecule has 0 saturated carbocycles. The van der Waals surface area contributed by atoms with Crippen molar-refractivity contribution in [2.24, 2.45) is 5.92 Å². The average molecular weight is 288 g/mol. The lowest BCUT2D eigenvalue weighted by Crippen LogP contribution is -2.23. The van der Waals surface area contributed by atoms with Gasteiger partial charge in [-0.05, 0) is 5.92 Å². The van der Waals surface area contributed by atoms with E-state index in [-0.39, 0.29) is 5.38 Å². The maximum atomic E-state index is 6.36. The smallest absolute Gasteiger partial charge is 0.229 e. The number of nitrogens with zero attached hydrogens (tertiary/aromatic N) is 2. The quantitative estimate of drug-likeness (QED) is 0.745. The molecule has 1 N–H and O–H groups in total. The van der Waals surface area contributed by atoms with Crippen LogP contribution in [0.4, 0.5) is 5.95 Å². The highest BCUT2D eigenvalue weighted by molar-refractivity contribution is 6.21. The van der Waals surface area contributed by atoms with Gasteiger partial charge in [0, 0.05) is 6.54 Å². The van der Waals surface area contributed by atoms with Gasteiger partial charge in [0.05, 0.1) is 25.7 Å². The van der Waals surface area contributed by atoms with Crippen molar-refractivity contribution in [3.05, 3.63) is 6.07 Å². The minimum Gasteiger partial charge on any atom is -0.481 e. The molecule has 1 aromatic heterocycles. The number of hydrogen-bond donors (Lipinski definition) is 1. The van der Waals surface area contributed by atoms with Crippen molar-refractivity contribution in [1.29, 1.82) is 0 Å². The van der Waals surface area contributed by atoms with Crippen LogP contribution in [0.1, 0.15) is 26.7 Å². The zero-order valence-electron chi connectivity index (χ0n) is 11.9. The molecule has 6 heteroatoms. The van der Waals surface area contributed by atoms with E-state index in [1.807, 2.05) is 0 Å². The molecule has 1 rings (SSSR count). The van der Waals surface area contributed by atoms with Crippen molar-refractivity contribution in [2.75, 3.05) is 26.1 Å². The van der Waals surface area contributed by atoms with Crippen LogP contribution in [0.15, 0.2) is 6.07 Å². The van der Waals surface area contributed by atoms with Crippen LogP contribution in [0.3, 0.4) is 0 Å². The Balaban J connectivity index is 2.66. The largest absolute Gasteiger partial charge is 0.481 e. The third-order valence-corrected chi connectivity index (χ3v) is 3.62. The molecule has 5 nitrogen and oxygen atoms in total. The molecule has 0 bridgehead atoms. The number of methoxy groups -OCH3 is 2. The molecule has 108 valence electrons. The van der Waals surface area contributed by atoms with Crippen LogP contribution in [0.5, 0.6) is 11.8 Å². The first-order chi connectivity index (χ1) is 9.14. The van der Waals surface area contributed by atoms with Gasteiger partial charge in [0.2, 0.25) is 17.7 Å². The van der Waals surface area contributed by atoms with Crippen LogP contribution in [0.2, 0.25) is 0 Å². The Bertz CT molecular complexity index is 364. The van der Waals surface area contributed by atoms with Gasteiger partial charge in [-0.15, -0.1) is 11.6 Å². The van der Waals surface area contributed by atoms with Crippen molar-refractivity contribution in [1.82, 2.24) is 9.97 Å². The summed E-state index contributed by atoms with van der Waals surface area (Å²) in [6.45, 7) is 4.91. The Morgan fingerprint density at radius 2 is 1.68 bits per heavy atom. The number of rotatable bonds is 8. The van der Waals surface area contributed by atoms with Crippen LogP contribution < -0.4 is 14.8 Å². The lowest BCUT2D eigenvalue weighted by atomic mass is 9.99. The summed E-state index contributed by atoms with van der Waals surface area (Å²) in [5, 5.41) is 3.18. The Morgan fingerprint density at radius 3 is 2.11 bits per heavy atom. The van der Waals surface area contributed by atoms with Gasteiger partial charge in [-0.1, -0.05) is 26.7 Å². The normalized spacial score (nSPS) is 12.3. The first-order valence-corrected chi connectivity index (χ1v) is 6.93. The molecule has 1 aromatic rings. The fourth-order valence-corrected chi connectivity index (χ4v) is 2.28. The first-order valence-electron chi connectivity index (χ1n) is 6.49. The Morgan fingerprint density at radius 1 is 1.16 bits per heavy atom. The topological polar surface area (TPSA) is 56.3 Å². The standard InChI is InChI=1S/C13H22ClN3O2/c1-5-9(6-2)10(14)8-15-13-16-11(18-3)7-12(17-13)19-4/h7,9-10H,5-6,8H2,1-4H3,(H,15,16,17). The number of halogens is 1. The van der Waals surface area contributed by atoms with Crippen LogP contribution in [0, 0.1) is 5.92 Å². The van der Waals surface area contributed by atoms with Crippen LogP contribution >= 0.6 is 11.6 Å². The third kappa shape index (κ3) is 4.74. The third-order valence-electron chi connectivity index (χ3n) is 3.11. The lowest BCUT2D eigenvalue weighted by molar-refractivity contribution is 0.372. The molecule has 0 fully saturated rings. The maximum absolute atomic E-state index is 6.36. The Kier molecular flexibility index (Phi) is 6.70. The fourth-order valence-electron chi connectivity index (χ4n) is 1.85. The zero-order chi connectivity index (χ0) is 14.3. The van der Waals surface area contributed by atoms with Crippen molar-refractivity contribution < 1.29 is 9.47 Å². The number of nitrogens with one attached hydrogen (secondary N) is 1. The van der Waals surface area contributed by atoms with Gasteiger partial charge >= 0.3 is 0 Å². The summed E-state index contributed by atoms with van der Waals surface area (Å²) in [7, 11) is 3.11. The van der Waals surface area contributed by atoms with E-state index in [1.165, 1.54) is 0 Å². The molecular weight excluding hydrogens is 266 g/mol. The van der Waals surface area contributed by atoms with E-state index in [9.17, 15) is 0 Å². The number of anilines is 1. The van der Waals surface area contributed by atoms with Crippen LogP contribution in [0.25, 0.3) is 0 Å². The first kappa shape index (κ1) is 15.8. The predicted molar refractivity (Wildman–Crippen MR) is 77.3 cm³/mol. The maximum Gasteiger partial charge on any atom is 0.229 e. The van der Waals surface area contributed by atoms with Gasteiger partial charge in [0.25, 0.3) is 0 Å². The molecule has 0 saturated heterocycles. The Labute approximate surface area is 119 Å². The van der Waals surface area contributed by atoms with Gasteiger partial charge in [0.1, 0.15) is 0 Å². The molecule has 1 unspecified atom stereocenters. The van der Waals surface area contributed by atoms with Crippen LogP contribution in [-0.4, -0.2) is 36.1 Å². The van der Waals surface area contributed by atoms with E-state index >= 15 is 0 Å². The highest BCUT2D eigenvalue weighted by atomic mass is 35.5. The van der Waals surface area contributed by atoms with E-state index in [0.29, 0.717) is 30.2 Å². The second-order valence-electron chi connectivity index (χ2n) is 4.25. The number of hydrogen-bond acceptors (Lipinski definition) is 5. The molecule has 0 aliphatic carbocycles. The molecular formula is C13H22ClN3O2. The van der Waals surface area contributed by atoms with Gasteiger partial charge in [0.15, 0.2) is 0 Å². The molecule has 19 heavy (non-hydrogen) atoms. The van der Waals surface area contributed by atoms with E-state index in [1.54, 1.807) is 20.3 Å². The van der Waals surface area contributed by atoms with Gasteiger partial charge in [-0.3, -0.25) is 0 Å². The minimum absolute atomic E-state index is 0.0517. The van der Waals surface area contributed by atoms with E-state index in [2.05, 4.69) is 29.1 Å². The summed E-state index contributed by atoms with van der Waals surface area (Å²) in [6, 6.07) is 1.63. The van der Waals surface area contributed by atoms with Crippen LogP contribution in [-0.2, 0) is 0 Å². The van der Waals surface area contributed by atoms with Crippen molar-refractivity contribution in [2.45, 2.75) is 32.1 Å². The van der Waals surface area contributed by atoms with E-state index in [4.69, 9.17) is 21.1 Å². The van der Waals surface area contributed by atoms with Crippen molar-refractivity contribution in [3.63, 3.8) is 0 Å². The second kappa shape index (κ2) is 8.04. The number of aromatic nitrogens is 2. The van der Waals surface area contributed by atoms with Gasteiger partial charge in [-0.25, -0.2) is 0 Å². The molecule has 0 aliphatic heterocycles. The van der Waals surface area contributed by atoms with Gasteiger partial charge < -0.3 is 14.8 Å². The van der Waals surface area contributed by atoms with Gasteiger partial charge in [-0.2, -0.15) is 9.97 Å². The molecule has 1 heterocycles. The number of alkyl halides is 1. The molecule has 1 atom stereocenters. The average Bonchev–Trinajstić information content (AvgIpc) is 2.45. The van der Waals surface area contributed by atoms with E-state index < -0.39 is 0 Å². The summed E-state index contributed by atoms with van der Waals surface area (Å²) in [5.41, 5.74) is 0.